The topological polar surface area (TPSA) is 46.5 Å². The van der Waals surface area contributed by atoms with E-state index < -0.39 is 5.97 Å². The van der Waals surface area contributed by atoms with E-state index in [-0.39, 0.29) is 0 Å². The Bertz CT molecular complexity index is 413. The van der Waals surface area contributed by atoms with Crippen LogP contribution in [0.4, 0.5) is 0 Å². The molecule has 1 rings (SSSR count). The number of thioether (sulfide) groups is 1. The van der Waals surface area contributed by atoms with E-state index in [1.165, 1.54) is 0 Å². The van der Waals surface area contributed by atoms with Gasteiger partial charge in [-0.2, -0.15) is 11.8 Å². The number of hydrogen-bond acceptors (Lipinski definition) is 3. The Morgan fingerprint density at radius 1 is 1.50 bits per heavy atom. The average Bonchev–Trinajstić information content (AvgIpc) is 2.32. The Kier molecular flexibility index (Phi) is 6.36. The molecule has 0 atom stereocenters. The lowest BCUT2D eigenvalue weighted by Crippen LogP contribution is -2.02. The quantitative estimate of drug-likeness (QED) is 0.607. The normalized spacial score (nSPS) is 11.1. The van der Waals surface area contributed by atoms with Crippen molar-refractivity contribution in [2.45, 2.75) is 19.1 Å². The minimum atomic E-state index is -0.949. The molecule has 4 heteroatoms. The third kappa shape index (κ3) is 6.35. The van der Waals surface area contributed by atoms with E-state index in [1.54, 1.807) is 6.08 Å². The predicted octanol–water partition coefficient (Wildman–Crippen LogP) is 3.30. The van der Waals surface area contributed by atoms with Gasteiger partial charge in [0.1, 0.15) is 5.75 Å². The molecule has 3 nitrogen and oxygen atoms in total. The van der Waals surface area contributed by atoms with Crippen molar-refractivity contribution in [1.82, 2.24) is 0 Å². The van der Waals surface area contributed by atoms with Crippen molar-refractivity contribution in [1.29, 1.82) is 0 Å². The molecule has 0 heterocycles. The van der Waals surface area contributed by atoms with Gasteiger partial charge < -0.3 is 9.84 Å². The van der Waals surface area contributed by atoms with Crippen LogP contribution >= 0.6 is 11.8 Å². The summed E-state index contributed by atoms with van der Waals surface area (Å²) in [5, 5.41) is 9.16. The minimum absolute atomic E-state index is 0.610. The molecule has 0 aromatic heterocycles. The molecule has 0 aliphatic carbocycles. The van der Waals surface area contributed by atoms with Crippen molar-refractivity contribution in [3.8, 4) is 5.75 Å². The van der Waals surface area contributed by atoms with E-state index >= 15 is 0 Å². The number of carbonyl (C=O) groups is 1. The molecule has 0 bridgehead atoms. The smallest absolute Gasteiger partial charge is 0.328 e. The van der Waals surface area contributed by atoms with Crippen LogP contribution in [-0.2, 0) is 4.79 Å². The standard InChI is InChI=1S/C14H18O3S/c1-11(2)18-9-8-17-13-5-3-4-12(10-13)6-7-14(15)16/h3-7,10-11H,8-9H2,1-2H3,(H,15,16)/b7-6+. The van der Waals surface area contributed by atoms with Crippen molar-refractivity contribution in [2.75, 3.05) is 12.4 Å². The first-order valence-corrected chi connectivity index (χ1v) is 6.88. The lowest BCUT2D eigenvalue weighted by Gasteiger charge is -2.08. The molecule has 0 fully saturated rings. The molecular formula is C14H18O3S. The minimum Gasteiger partial charge on any atom is -0.493 e. The van der Waals surface area contributed by atoms with Crippen molar-refractivity contribution in [3.05, 3.63) is 35.9 Å². The number of hydrogen-bond donors (Lipinski definition) is 1. The van der Waals surface area contributed by atoms with Gasteiger partial charge in [0, 0.05) is 11.8 Å². The van der Waals surface area contributed by atoms with Gasteiger partial charge in [-0.25, -0.2) is 4.79 Å². The SMILES string of the molecule is CC(C)SCCOc1cccc(/C=C/C(=O)O)c1. The van der Waals surface area contributed by atoms with E-state index in [2.05, 4.69) is 13.8 Å². The van der Waals surface area contributed by atoms with Crippen molar-refractivity contribution < 1.29 is 14.6 Å². The summed E-state index contributed by atoms with van der Waals surface area (Å²) in [7, 11) is 0. The Labute approximate surface area is 112 Å². The van der Waals surface area contributed by atoms with Crippen LogP contribution in [0.5, 0.6) is 5.75 Å². The van der Waals surface area contributed by atoms with Crippen LogP contribution in [0.25, 0.3) is 6.08 Å². The summed E-state index contributed by atoms with van der Waals surface area (Å²) >= 11 is 1.85. The molecular weight excluding hydrogens is 248 g/mol. The highest BCUT2D eigenvalue weighted by Crippen LogP contribution is 2.15. The third-order valence-corrected chi connectivity index (χ3v) is 3.15. The maximum atomic E-state index is 10.4. The van der Waals surface area contributed by atoms with Crippen LogP contribution in [0.2, 0.25) is 0 Å². The second-order valence-electron chi connectivity index (χ2n) is 4.01. The number of benzene rings is 1. The van der Waals surface area contributed by atoms with Crippen molar-refractivity contribution >= 4 is 23.8 Å². The first kappa shape index (κ1) is 14.6. The Morgan fingerprint density at radius 3 is 2.94 bits per heavy atom. The molecule has 0 spiro atoms. The summed E-state index contributed by atoms with van der Waals surface area (Å²) in [5.41, 5.74) is 0.825. The summed E-state index contributed by atoms with van der Waals surface area (Å²) in [6.07, 6.45) is 2.67. The van der Waals surface area contributed by atoms with Crippen LogP contribution in [-0.4, -0.2) is 28.7 Å². The van der Waals surface area contributed by atoms with Gasteiger partial charge in [0.05, 0.1) is 6.61 Å². The largest absolute Gasteiger partial charge is 0.493 e. The van der Waals surface area contributed by atoms with Gasteiger partial charge in [0.15, 0.2) is 0 Å². The second kappa shape index (κ2) is 7.82. The first-order chi connectivity index (χ1) is 8.58. The molecule has 0 unspecified atom stereocenters. The van der Waals surface area contributed by atoms with Gasteiger partial charge in [-0.05, 0) is 29.0 Å². The molecule has 1 aromatic rings. The third-order valence-electron chi connectivity index (χ3n) is 2.08. The maximum Gasteiger partial charge on any atom is 0.328 e. The Balaban J connectivity index is 2.47. The van der Waals surface area contributed by atoms with Crippen LogP contribution in [0.15, 0.2) is 30.3 Å². The molecule has 18 heavy (non-hydrogen) atoms. The maximum absolute atomic E-state index is 10.4. The van der Waals surface area contributed by atoms with Crippen LogP contribution < -0.4 is 4.74 Å². The highest BCUT2D eigenvalue weighted by molar-refractivity contribution is 7.99. The molecule has 1 N–H and O–H groups in total. The number of carboxylic acids is 1. The van der Waals surface area contributed by atoms with Crippen LogP contribution in [0.1, 0.15) is 19.4 Å². The summed E-state index contributed by atoms with van der Waals surface area (Å²) in [6, 6.07) is 7.40. The fraction of sp³-hybridized carbons (Fsp3) is 0.357. The number of aliphatic carboxylic acids is 1. The Hall–Kier alpha value is -1.42. The summed E-state index contributed by atoms with van der Waals surface area (Å²) in [4.78, 5) is 10.4. The number of carboxylic acid groups (broad SMARTS) is 1. The van der Waals surface area contributed by atoms with E-state index in [1.807, 2.05) is 36.0 Å². The summed E-state index contributed by atoms with van der Waals surface area (Å²) in [6.45, 7) is 4.97. The zero-order chi connectivity index (χ0) is 13.4. The predicted molar refractivity (Wildman–Crippen MR) is 76.2 cm³/mol. The van der Waals surface area contributed by atoms with Gasteiger partial charge in [0.25, 0.3) is 0 Å². The molecule has 0 saturated heterocycles. The van der Waals surface area contributed by atoms with Crippen LogP contribution in [0.3, 0.4) is 0 Å². The second-order valence-corrected chi connectivity index (χ2v) is 5.70. The zero-order valence-corrected chi connectivity index (χ0v) is 11.4. The highest BCUT2D eigenvalue weighted by atomic mass is 32.2. The molecule has 0 aliphatic heterocycles. The van der Waals surface area contributed by atoms with E-state index in [0.29, 0.717) is 11.9 Å². The summed E-state index contributed by atoms with van der Waals surface area (Å²) < 4.78 is 5.60. The van der Waals surface area contributed by atoms with Gasteiger partial charge in [-0.15, -0.1) is 0 Å². The molecule has 0 amide bonds. The van der Waals surface area contributed by atoms with Gasteiger partial charge in [-0.1, -0.05) is 26.0 Å². The summed E-state index contributed by atoms with van der Waals surface area (Å²) in [5.74, 6) is 0.772. The molecule has 0 radical (unpaired) electrons. The first-order valence-electron chi connectivity index (χ1n) is 5.83. The fourth-order valence-electron chi connectivity index (χ4n) is 1.32. The molecule has 98 valence electrons. The van der Waals surface area contributed by atoms with Crippen molar-refractivity contribution in [3.63, 3.8) is 0 Å². The monoisotopic (exact) mass is 266 g/mol. The van der Waals surface area contributed by atoms with Gasteiger partial charge in [0.2, 0.25) is 0 Å². The molecule has 0 saturated carbocycles. The Morgan fingerprint density at radius 2 is 2.28 bits per heavy atom. The van der Waals surface area contributed by atoms with Crippen LogP contribution in [0, 0.1) is 0 Å². The number of rotatable bonds is 7. The van der Waals surface area contributed by atoms with Gasteiger partial charge in [-0.3, -0.25) is 0 Å². The highest BCUT2D eigenvalue weighted by Gasteiger charge is 1.97. The average molecular weight is 266 g/mol. The zero-order valence-electron chi connectivity index (χ0n) is 10.6. The van der Waals surface area contributed by atoms with E-state index in [9.17, 15) is 4.79 Å². The van der Waals surface area contributed by atoms with Gasteiger partial charge >= 0.3 is 5.97 Å². The molecule has 1 aromatic carbocycles. The number of ether oxygens (including phenoxy) is 1. The van der Waals surface area contributed by atoms with E-state index in [0.717, 1.165) is 23.1 Å². The lowest BCUT2D eigenvalue weighted by molar-refractivity contribution is -0.131. The fourth-order valence-corrected chi connectivity index (χ4v) is 1.97. The molecule has 0 aliphatic rings. The van der Waals surface area contributed by atoms with Crippen molar-refractivity contribution in [2.24, 2.45) is 0 Å². The van der Waals surface area contributed by atoms with E-state index in [4.69, 9.17) is 9.84 Å². The lowest BCUT2D eigenvalue weighted by atomic mass is 10.2.